The van der Waals surface area contributed by atoms with E-state index in [2.05, 4.69) is 19.7 Å². The molecule has 0 saturated carbocycles. The lowest BCUT2D eigenvalue weighted by atomic mass is 10.1. The van der Waals surface area contributed by atoms with E-state index < -0.39 is 0 Å². The van der Waals surface area contributed by atoms with E-state index in [1.54, 1.807) is 0 Å². The summed E-state index contributed by atoms with van der Waals surface area (Å²) >= 11 is 6.66. The number of benzene rings is 2. The van der Waals surface area contributed by atoms with Gasteiger partial charge in [0.1, 0.15) is 11.3 Å². The summed E-state index contributed by atoms with van der Waals surface area (Å²) in [7, 11) is 0. The van der Waals surface area contributed by atoms with E-state index in [1.165, 1.54) is 0 Å². The largest absolute Gasteiger partial charge is 0.365 e. The van der Waals surface area contributed by atoms with Crippen LogP contribution in [0.5, 0.6) is 0 Å². The van der Waals surface area contributed by atoms with Crippen LogP contribution in [0.25, 0.3) is 11.0 Å². The molecule has 0 unspecified atom stereocenters. The topological polar surface area (TPSA) is 62.4 Å². The molecule has 1 aromatic heterocycles. The summed E-state index contributed by atoms with van der Waals surface area (Å²) in [6, 6.07) is 8.22. The zero-order valence-corrected chi connectivity index (χ0v) is 20.1. The van der Waals surface area contributed by atoms with Crippen LogP contribution < -0.4 is 20.9 Å². The van der Waals surface area contributed by atoms with E-state index in [0.717, 1.165) is 73.8 Å². The van der Waals surface area contributed by atoms with Gasteiger partial charge in [0, 0.05) is 50.3 Å². The molecule has 0 spiro atoms. The maximum Gasteiger partial charge on any atom is 0.207 e. The molecule has 33 heavy (non-hydrogen) atoms. The Bertz CT molecular complexity index is 1150. The Balaban J connectivity index is 1.67. The van der Waals surface area contributed by atoms with Gasteiger partial charge >= 0.3 is 0 Å². The number of aryl methyl sites for hydroxylation is 2. The highest BCUT2D eigenvalue weighted by Crippen LogP contribution is 2.37. The van der Waals surface area contributed by atoms with Gasteiger partial charge in [0.25, 0.3) is 0 Å². The lowest BCUT2D eigenvalue weighted by molar-refractivity contribution is 0.571. The summed E-state index contributed by atoms with van der Waals surface area (Å²) in [6.45, 7) is 9.47. The summed E-state index contributed by atoms with van der Waals surface area (Å²) in [5.41, 5.74) is 11.5. The predicted molar refractivity (Wildman–Crippen MR) is 134 cm³/mol. The van der Waals surface area contributed by atoms with Gasteiger partial charge in [-0.25, -0.2) is 9.37 Å². The maximum atomic E-state index is 14.3. The van der Waals surface area contributed by atoms with E-state index in [4.69, 9.17) is 22.3 Å². The van der Waals surface area contributed by atoms with Gasteiger partial charge in [-0.05, 0) is 55.5 Å². The molecular weight excluding hydrogens is 439 g/mol. The quantitative estimate of drug-likeness (QED) is 0.593. The smallest absolute Gasteiger partial charge is 0.207 e. The van der Waals surface area contributed by atoms with E-state index in [9.17, 15) is 4.39 Å². The third kappa shape index (κ3) is 4.18. The van der Waals surface area contributed by atoms with Gasteiger partial charge in [-0.1, -0.05) is 23.7 Å². The number of aromatic nitrogens is 2. The van der Waals surface area contributed by atoms with Crippen LogP contribution in [0.2, 0.25) is 5.02 Å². The van der Waals surface area contributed by atoms with Gasteiger partial charge in [0.05, 0.1) is 17.7 Å². The average Bonchev–Trinajstić information content (AvgIpc) is 3.42. The van der Waals surface area contributed by atoms with Crippen LogP contribution in [0.15, 0.2) is 24.3 Å². The Morgan fingerprint density at radius 1 is 1.12 bits per heavy atom. The second kappa shape index (κ2) is 9.12. The van der Waals surface area contributed by atoms with Crippen LogP contribution >= 0.6 is 11.6 Å². The van der Waals surface area contributed by atoms with E-state index in [0.29, 0.717) is 35.3 Å². The van der Waals surface area contributed by atoms with Crippen LogP contribution in [0, 0.1) is 19.7 Å². The van der Waals surface area contributed by atoms with E-state index in [-0.39, 0.29) is 5.82 Å². The first-order valence-corrected chi connectivity index (χ1v) is 12.2. The highest BCUT2D eigenvalue weighted by molar-refractivity contribution is 6.31. The van der Waals surface area contributed by atoms with Gasteiger partial charge in [-0.3, -0.25) is 0 Å². The van der Waals surface area contributed by atoms with Crippen LogP contribution in [-0.2, 0) is 6.54 Å². The fourth-order valence-electron chi connectivity index (χ4n) is 5.35. The van der Waals surface area contributed by atoms with Crippen molar-refractivity contribution in [1.82, 2.24) is 14.9 Å². The molecule has 0 bridgehead atoms. The molecule has 176 valence electrons. The number of halogens is 2. The minimum Gasteiger partial charge on any atom is -0.365 e. The number of anilines is 2. The zero-order chi connectivity index (χ0) is 23.1. The molecule has 2 saturated heterocycles. The second-order valence-electron chi connectivity index (χ2n) is 9.30. The molecule has 1 atom stereocenters. The average molecular weight is 471 g/mol. The highest BCUT2D eigenvalue weighted by Gasteiger charge is 2.28. The third-order valence-corrected chi connectivity index (χ3v) is 7.19. The summed E-state index contributed by atoms with van der Waals surface area (Å²) in [5, 5.41) is 4.12. The number of imidazole rings is 1. The highest BCUT2D eigenvalue weighted by atomic mass is 35.5. The van der Waals surface area contributed by atoms with Crippen molar-refractivity contribution in [2.45, 2.75) is 39.3 Å². The van der Waals surface area contributed by atoms with E-state index >= 15 is 0 Å². The normalized spacial score (nSPS) is 19.1. The lowest BCUT2D eigenvalue weighted by Crippen LogP contribution is -2.44. The first-order valence-electron chi connectivity index (χ1n) is 11.8. The van der Waals surface area contributed by atoms with Crippen molar-refractivity contribution in [2.75, 3.05) is 49.1 Å². The third-order valence-electron chi connectivity index (χ3n) is 6.97. The monoisotopic (exact) mass is 470 g/mol. The minimum absolute atomic E-state index is 0.135. The number of piperazine rings is 1. The molecule has 0 amide bonds. The molecule has 3 N–H and O–H groups in total. The van der Waals surface area contributed by atoms with E-state index in [1.807, 2.05) is 38.1 Å². The van der Waals surface area contributed by atoms with Gasteiger partial charge in [-0.15, -0.1) is 0 Å². The molecule has 0 radical (unpaired) electrons. The maximum absolute atomic E-state index is 14.3. The van der Waals surface area contributed by atoms with Gasteiger partial charge in [-0.2, -0.15) is 0 Å². The molecule has 3 heterocycles. The number of hydrogen-bond donors (Lipinski definition) is 2. The molecule has 2 aromatic carbocycles. The van der Waals surface area contributed by atoms with Crippen molar-refractivity contribution < 1.29 is 4.39 Å². The van der Waals surface area contributed by atoms with Crippen molar-refractivity contribution in [3.63, 3.8) is 0 Å². The number of hydrogen-bond acceptors (Lipinski definition) is 5. The zero-order valence-electron chi connectivity index (χ0n) is 19.4. The van der Waals surface area contributed by atoms with Gasteiger partial charge in [0.15, 0.2) is 0 Å². The molecule has 2 aliphatic heterocycles. The fourth-order valence-corrected chi connectivity index (χ4v) is 5.55. The molecule has 2 fully saturated rings. The first-order chi connectivity index (χ1) is 16.0. The Morgan fingerprint density at radius 2 is 1.85 bits per heavy atom. The molecule has 6 nitrogen and oxygen atoms in total. The minimum atomic E-state index is -0.135. The van der Waals surface area contributed by atoms with Crippen LogP contribution in [-0.4, -0.2) is 54.9 Å². The van der Waals surface area contributed by atoms with Crippen molar-refractivity contribution in [3.05, 3.63) is 51.8 Å². The lowest BCUT2D eigenvalue weighted by Gasteiger charge is -2.29. The molecular formula is C25H32ClFN6. The molecule has 0 aliphatic carbocycles. The van der Waals surface area contributed by atoms with Crippen LogP contribution in [0.3, 0.4) is 0 Å². The predicted octanol–water partition coefficient (Wildman–Crippen LogP) is 3.83. The van der Waals surface area contributed by atoms with Gasteiger partial charge in [0.2, 0.25) is 5.95 Å². The van der Waals surface area contributed by atoms with Crippen molar-refractivity contribution in [2.24, 2.45) is 5.73 Å². The summed E-state index contributed by atoms with van der Waals surface area (Å²) in [5.74, 6) is 0.807. The second-order valence-corrected chi connectivity index (χ2v) is 9.73. The van der Waals surface area contributed by atoms with Crippen molar-refractivity contribution in [1.29, 1.82) is 0 Å². The number of nitrogens with two attached hydrogens (primary N) is 1. The Kier molecular flexibility index (Phi) is 6.20. The molecule has 2 aliphatic rings. The number of nitrogens with zero attached hydrogens (tertiary/aromatic N) is 4. The van der Waals surface area contributed by atoms with Crippen molar-refractivity contribution in [3.8, 4) is 0 Å². The molecule has 3 aromatic rings. The van der Waals surface area contributed by atoms with Gasteiger partial charge < -0.3 is 25.4 Å². The summed E-state index contributed by atoms with van der Waals surface area (Å²) in [4.78, 5) is 9.90. The Hall–Kier alpha value is -2.35. The standard InChI is InChI=1S/C25H32ClFN6/c1-16-10-18(11-17(2)23(16)27)15-33-22-13-19(26)12-21(32-7-3-4-20(32)14-28)24(22)30-25(33)31-8-5-29-6-9-31/h10-13,20,29H,3-9,14-15,28H2,1-2H3/t20-/m1/s1. The number of fused-ring (bicyclic) bond motifs is 1. The SMILES string of the molecule is Cc1cc(Cn2c(N3CCNCC3)nc3c(N4CCC[C@@H]4CN)cc(Cl)cc32)cc(C)c1F. The fraction of sp³-hybridized carbons (Fsp3) is 0.480. The first kappa shape index (κ1) is 22.4. The molecule has 5 rings (SSSR count). The van der Waals surface area contributed by atoms with Crippen molar-refractivity contribution >= 4 is 34.3 Å². The Morgan fingerprint density at radius 3 is 2.55 bits per heavy atom. The summed E-state index contributed by atoms with van der Waals surface area (Å²) < 4.78 is 16.5. The van der Waals surface area contributed by atoms with Crippen LogP contribution in [0.4, 0.5) is 16.0 Å². The number of nitrogens with one attached hydrogen (secondary N) is 1. The Labute approximate surface area is 199 Å². The number of rotatable bonds is 5. The van der Waals surface area contributed by atoms with Crippen LogP contribution in [0.1, 0.15) is 29.5 Å². The molecule has 8 heteroatoms. The summed E-state index contributed by atoms with van der Waals surface area (Å²) in [6.07, 6.45) is 2.21.